The Hall–Kier alpha value is -2.58. The number of hydrogen-bond donors (Lipinski definition) is 2. The standard InChI is InChI=1S/C14H9ClO7S/c15-8-1-3-9(4-2-8)23(20,21)13-7-22-6-10(13)11(16)5-12(17)14(18)19/h1-7,17H,(H,18,19). The molecule has 0 spiro atoms. The highest BCUT2D eigenvalue weighted by Crippen LogP contribution is 2.26. The Labute approximate surface area is 135 Å². The minimum absolute atomic E-state index is 0.121. The number of carbonyl (C=O) groups is 2. The van der Waals surface area contributed by atoms with Gasteiger partial charge in [0, 0.05) is 11.1 Å². The van der Waals surface area contributed by atoms with E-state index >= 15 is 0 Å². The van der Waals surface area contributed by atoms with Gasteiger partial charge in [0.1, 0.15) is 17.4 Å². The minimum atomic E-state index is -4.08. The van der Waals surface area contributed by atoms with Gasteiger partial charge in [0.15, 0.2) is 5.78 Å². The molecular weight excluding hydrogens is 348 g/mol. The number of rotatable bonds is 5. The molecule has 120 valence electrons. The molecular formula is C14H9ClO7S. The first-order valence-electron chi connectivity index (χ1n) is 5.98. The van der Waals surface area contributed by atoms with E-state index < -0.39 is 37.8 Å². The summed E-state index contributed by atoms with van der Waals surface area (Å²) in [6, 6.07) is 5.24. The highest BCUT2D eigenvalue weighted by atomic mass is 35.5. The maximum Gasteiger partial charge on any atom is 0.371 e. The summed E-state index contributed by atoms with van der Waals surface area (Å²) >= 11 is 5.70. The Balaban J connectivity index is 2.49. The summed E-state index contributed by atoms with van der Waals surface area (Å²) < 4.78 is 29.7. The number of allylic oxidation sites excluding steroid dienone is 1. The molecule has 0 radical (unpaired) electrons. The molecule has 0 aliphatic heterocycles. The second-order valence-corrected chi connectivity index (χ2v) is 6.66. The number of aliphatic carboxylic acids is 1. The van der Waals surface area contributed by atoms with Crippen molar-refractivity contribution in [2.24, 2.45) is 0 Å². The topological polar surface area (TPSA) is 122 Å². The smallest absolute Gasteiger partial charge is 0.371 e. The number of ketones is 1. The number of carboxylic acid groups (broad SMARTS) is 1. The predicted octanol–water partition coefficient (Wildman–Crippen LogP) is 2.48. The first-order valence-corrected chi connectivity index (χ1v) is 7.84. The number of hydrogen-bond acceptors (Lipinski definition) is 6. The highest BCUT2D eigenvalue weighted by molar-refractivity contribution is 7.91. The molecule has 1 aromatic carbocycles. The fraction of sp³-hybridized carbons (Fsp3) is 0. The van der Waals surface area contributed by atoms with E-state index in [0.29, 0.717) is 11.1 Å². The van der Waals surface area contributed by atoms with Gasteiger partial charge in [-0.3, -0.25) is 4.79 Å². The molecule has 0 bridgehead atoms. The van der Waals surface area contributed by atoms with E-state index in [1.54, 1.807) is 0 Å². The van der Waals surface area contributed by atoms with E-state index in [4.69, 9.17) is 26.2 Å². The van der Waals surface area contributed by atoms with Crippen LogP contribution in [-0.2, 0) is 14.6 Å². The Morgan fingerprint density at radius 2 is 1.70 bits per heavy atom. The molecule has 0 aliphatic rings. The van der Waals surface area contributed by atoms with Crippen LogP contribution in [0.3, 0.4) is 0 Å². The van der Waals surface area contributed by atoms with Crippen molar-refractivity contribution in [3.05, 3.63) is 59.2 Å². The van der Waals surface area contributed by atoms with Gasteiger partial charge in [-0.1, -0.05) is 11.6 Å². The van der Waals surface area contributed by atoms with Gasteiger partial charge in [-0.25, -0.2) is 13.2 Å². The number of aliphatic hydroxyl groups is 1. The minimum Gasteiger partial charge on any atom is -0.502 e. The van der Waals surface area contributed by atoms with E-state index in [9.17, 15) is 18.0 Å². The average Bonchev–Trinajstić information content (AvgIpc) is 2.97. The van der Waals surface area contributed by atoms with E-state index in [0.717, 1.165) is 12.5 Å². The van der Waals surface area contributed by atoms with Crippen molar-refractivity contribution in [1.29, 1.82) is 0 Å². The van der Waals surface area contributed by atoms with Gasteiger partial charge in [0.05, 0.1) is 10.5 Å². The van der Waals surface area contributed by atoms with Crippen LogP contribution in [0.25, 0.3) is 0 Å². The lowest BCUT2D eigenvalue weighted by atomic mass is 10.2. The Bertz CT molecular complexity index is 891. The summed E-state index contributed by atoms with van der Waals surface area (Å²) in [6.07, 6.45) is 2.10. The highest BCUT2D eigenvalue weighted by Gasteiger charge is 2.26. The van der Waals surface area contributed by atoms with E-state index in [-0.39, 0.29) is 4.90 Å². The number of halogens is 1. The lowest BCUT2D eigenvalue weighted by molar-refractivity contribution is -0.135. The van der Waals surface area contributed by atoms with Gasteiger partial charge in [0.25, 0.3) is 0 Å². The maximum atomic E-state index is 12.5. The Morgan fingerprint density at radius 3 is 2.26 bits per heavy atom. The van der Waals surface area contributed by atoms with Crippen molar-refractivity contribution < 1.29 is 32.6 Å². The molecule has 23 heavy (non-hydrogen) atoms. The fourth-order valence-electron chi connectivity index (χ4n) is 1.68. The van der Waals surface area contributed by atoms with Crippen molar-refractivity contribution in [3.8, 4) is 0 Å². The molecule has 7 nitrogen and oxygen atoms in total. The Kier molecular flexibility index (Phi) is 4.57. The molecule has 1 aromatic heterocycles. The normalized spacial score (nSPS) is 12.1. The lowest BCUT2D eigenvalue weighted by Gasteiger charge is -2.04. The molecule has 2 aromatic rings. The molecule has 1 heterocycles. The van der Waals surface area contributed by atoms with Crippen LogP contribution in [-0.4, -0.2) is 30.4 Å². The molecule has 2 rings (SSSR count). The van der Waals surface area contributed by atoms with Crippen LogP contribution < -0.4 is 0 Å². The molecule has 0 saturated carbocycles. The molecule has 0 atom stereocenters. The summed E-state index contributed by atoms with van der Waals surface area (Å²) in [6.45, 7) is 0. The third-order valence-corrected chi connectivity index (χ3v) is 4.83. The van der Waals surface area contributed by atoms with Crippen LogP contribution in [0.5, 0.6) is 0 Å². The number of carbonyl (C=O) groups excluding carboxylic acids is 1. The van der Waals surface area contributed by atoms with Crippen LogP contribution in [0.2, 0.25) is 5.02 Å². The number of benzene rings is 1. The van der Waals surface area contributed by atoms with Crippen molar-refractivity contribution in [2.45, 2.75) is 9.79 Å². The number of aliphatic hydroxyl groups excluding tert-OH is 1. The van der Waals surface area contributed by atoms with Crippen molar-refractivity contribution >= 4 is 33.2 Å². The summed E-state index contributed by atoms with van der Waals surface area (Å²) in [7, 11) is -4.08. The second kappa shape index (κ2) is 6.27. The van der Waals surface area contributed by atoms with E-state index in [1.165, 1.54) is 24.3 Å². The van der Waals surface area contributed by atoms with Crippen LogP contribution in [0.1, 0.15) is 10.4 Å². The van der Waals surface area contributed by atoms with Gasteiger partial charge in [-0.05, 0) is 24.3 Å². The third-order valence-electron chi connectivity index (χ3n) is 2.79. The molecule has 0 saturated heterocycles. The first kappa shape index (κ1) is 16.8. The summed E-state index contributed by atoms with van der Waals surface area (Å²) in [4.78, 5) is 21.9. The largest absolute Gasteiger partial charge is 0.502 e. The molecule has 0 aliphatic carbocycles. The van der Waals surface area contributed by atoms with Gasteiger partial charge in [0.2, 0.25) is 15.6 Å². The monoisotopic (exact) mass is 356 g/mol. The van der Waals surface area contributed by atoms with Crippen LogP contribution >= 0.6 is 11.6 Å². The van der Waals surface area contributed by atoms with Crippen molar-refractivity contribution in [3.63, 3.8) is 0 Å². The summed E-state index contributed by atoms with van der Waals surface area (Å²) in [5.74, 6) is -3.96. The van der Waals surface area contributed by atoms with Gasteiger partial charge >= 0.3 is 5.97 Å². The fourth-order valence-corrected chi connectivity index (χ4v) is 3.17. The van der Waals surface area contributed by atoms with Crippen LogP contribution in [0, 0.1) is 0 Å². The number of carboxylic acids is 1. The Morgan fingerprint density at radius 1 is 1.09 bits per heavy atom. The predicted molar refractivity (Wildman–Crippen MR) is 78.3 cm³/mol. The SMILES string of the molecule is O=C(O)C(O)=CC(=O)c1cocc1S(=O)(=O)c1ccc(Cl)cc1. The zero-order chi connectivity index (χ0) is 17.2. The average molecular weight is 357 g/mol. The molecule has 0 amide bonds. The van der Waals surface area contributed by atoms with E-state index in [2.05, 4.69) is 0 Å². The van der Waals surface area contributed by atoms with Gasteiger partial charge in [-0.2, -0.15) is 0 Å². The van der Waals surface area contributed by atoms with Crippen molar-refractivity contribution in [2.75, 3.05) is 0 Å². The third kappa shape index (κ3) is 3.43. The molecule has 2 N–H and O–H groups in total. The second-order valence-electron chi connectivity index (χ2n) is 4.31. The van der Waals surface area contributed by atoms with E-state index in [1.807, 2.05) is 0 Å². The zero-order valence-electron chi connectivity index (χ0n) is 11.3. The zero-order valence-corrected chi connectivity index (χ0v) is 12.8. The number of furan rings is 1. The number of sulfone groups is 1. The first-order chi connectivity index (χ1) is 10.7. The molecule has 9 heteroatoms. The quantitative estimate of drug-likeness (QED) is 0.479. The van der Waals surface area contributed by atoms with Crippen LogP contribution in [0.4, 0.5) is 0 Å². The lowest BCUT2D eigenvalue weighted by Crippen LogP contribution is -2.08. The van der Waals surface area contributed by atoms with Gasteiger partial charge < -0.3 is 14.6 Å². The summed E-state index contributed by atoms with van der Waals surface area (Å²) in [5, 5.41) is 18.0. The molecule has 0 fully saturated rings. The van der Waals surface area contributed by atoms with Gasteiger partial charge in [-0.15, -0.1) is 0 Å². The maximum absolute atomic E-state index is 12.5. The van der Waals surface area contributed by atoms with Crippen LogP contribution in [0.15, 0.2) is 62.8 Å². The van der Waals surface area contributed by atoms with Crippen molar-refractivity contribution in [1.82, 2.24) is 0 Å². The summed E-state index contributed by atoms with van der Waals surface area (Å²) in [5.41, 5.74) is -0.396. The molecule has 0 unspecified atom stereocenters.